The molecule has 1 aromatic heterocycles. The van der Waals surface area contributed by atoms with E-state index in [0.717, 1.165) is 0 Å². The molecule has 4 nitrogen and oxygen atoms in total. The van der Waals surface area contributed by atoms with Gasteiger partial charge in [-0.3, -0.25) is 4.79 Å². The normalized spacial score (nSPS) is 10.0. The number of hydrogen-bond acceptors (Lipinski definition) is 3. The van der Waals surface area contributed by atoms with Gasteiger partial charge < -0.3 is 14.5 Å². The van der Waals surface area contributed by atoms with Gasteiger partial charge in [0.1, 0.15) is 17.8 Å². The summed E-state index contributed by atoms with van der Waals surface area (Å²) in [6.07, 6.45) is 2.72. The van der Waals surface area contributed by atoms with Gasteiger partial charge in [-0.1, -0.05) is 0 Å². The van der Waals surface area contributed by atoms with Gasteiger partial charge in [-0.05, 0) is 18.2 Å². The van der Waals surface area contributed by atoms with Crippen molar-refractivity contribution in [3.8, 4) is 5.75 Å². The Morgan fingerprint density at radius 1 is 1.41 bits per heavy atom. The molecule has 0 aliphatic rings. The molecular weight excluding hydrogens is 225 g/mol. The Bertz CT molecular complexity index is 523. The van der Waals surface area contributed by atoms with Crippen LogP contribution in [0.25, 0.3) is 0 Å². The van der Waals surface area contributed by atoms with E-state index in [1.807, 2.05) is 0 Å². The highest BCUT2D eigenvalue weighted by Crippen LogP contribution is 2.25. The second-order valence-corrected chi connectivity index (χ2v) is 3.31. The van der Waals surface area contributed by atoms with Gasteiger partial charge in [-0.2, -0.15) is 0 Å². The number of amides is 1. The second-order valence-electron chi connectivity index (χ2n) is 3.31. The van der Waals surface area contributed by atoms with Gasteiger partial charge in [-0.15, -0.1) is 0 Å². The molecule has 1 amide bonds. The standard InChI is InChI=1S/C12H10FNO3/c1-16-11-6-9(13)2-3-10(11)14-12(15)8-4-5-17-7-8/h2-7H,1H3,(H,14,15). The molecule has 0 atom stereocenters. The van der Waals surface area contributed by atoms with Crippen molar-refractivity contribution in [1.82, 2.24) is 0 Å². The first-order chi connectivity index (χ1) is 8.20. The molecule has 5 heteroatoms. The number of ether oxygens (including phenoxy) is 1. The van der Waals surface area contributed by atoms with Crippen molar-refractivity contribution < 1.29 is 18.3 Å². The third kappa shape index (κ3) is 2.44. The van der Waals surface area contributed by atoms with Crippen molar-refractivity contribution >= 4 is 11.6 Å². The molecule has 0 aliphatic heterocycles. The molecule has 0 fully saturated rings. The van der Waals surface area contributed by atoms with Crippen LogP contribution < -0.4 is 10.1 Å². The lowest BCUT2D eigenvalue weighted by molar-refractivity contribution is 0.102. The molecule has 0 unspecified atom stereocenters. The van der Waals surface area contributed by atoms with Crippen LogP contribution in [0.2, 0.25) is 0 Å². The van der Waals surface area contributed by atoms with Crippen LogP contribution in [0.15, 0.2) is 41.2 Å². The van der Waals surface area contributed by atoms with E-state index in [4.69, 9.17) is 9.15 Å². The molecule has 0 saturated heterocycles. The van der Waals surface area contributed by atoms with E-state index < -0.39 is 5.82 Å². The van der Waals surface area contributed by atoms with Gasteiger partial charge >= 0.3 is 0 Å². The van der Waals surface area contributed by atoms with Crippen LogP contribution in [0.5, 0.6) is 5.75 Å². The smallest absolute Gasteiger partial charge is 0.259 e. The molecule has 0 radical (unpaired) electrons. The number of nitrogens with one attached hydrogen (secondary N) is 1. The second kappa shape index (κ2) is 4.69. The van der Waals surface area contributed by atoms with Crippen molar-refractivity contribution in [2.75, 3.05) is 12.4 Å². The minimum atomic E-state index is -0.428. The first-order valence-corrected chi connectivity index (χ1v) is 4.88. The fraction of sp³-hybridized carbons (Fsp3) is 0.0833. The maximum Gasteiger partial charge on any atom is 0.259 e. The Morgan fingerprint density at radius 3 is 2.88 bits per heavy atom. The van der Waals surface area contributed by atoms with Gasteiger partial charge in [-0.25, -0.2) is 4.39 Å². The molecular formula is C12H10FNO3. The Morgan fingerprint density at radius 2 is 2.24 bits per heavy atom. The van der Waals surface area contributed by atoms with Gasteiger partial charge in [0.05, 0.1) is 24.6 Å². The lowest BCUT2D eigenvalue weighted by atomic mass is 10.2. The maximum absolute atomic E-state index is 12.9. The fourth-order valence-corrected chi connectivity index (χ4v) is 1.36. The highest BCUT2D eigenvalue weighted by Gasteiger charge is 2.11. The van der Waals surface area contributed by atoms with Gasteiger partial charge in [0.2, 0.25) is 0 Å². The van der Waals surface area contributed by atoms with Gasteiger partial charge in [0.25, 0.3) is 5.91 Å². The predicted molar refractivity (Wildman–Crippen MR) is 59.6 cm³/mol. The Hall–Kier alpha value is -2.30. The van der Waals surface area contributed by atoms with Crippen LogP contribution in [-0.4, -0.2) is 13.0 Å². The first-order valence-electron chi connectivity index (χ1n) is 4.88. The average molecular weight is 235 g/mol. The number of anilines is 1. The van der Waals surface area contributed by atoms with E-state index in [-0.39, 0.29) is 11.7 Å². The molecule has 88 valence electrons. The van der Waals surface area contributed by atoms with Crippen molar-refractivity contribution in [2.45, 2.75) is 0 Å². The molecule has 0 bridgehead atoms. The summed E-state index contributed by atoms with van der Waals surface area (Å²) in [5, 5.41) is 2.60. The van der Waals surface area contributed by atoms with E-state index in [1.54, 1.807) is 0 Å². The van der Waals surface area contributed by atoms with Crippen molar-refractivity contribution in [3.63, 3.8) is 0 Å². The highest BCUT2D eigenvalue weighted by atomic mass is 19.1. The van der Waals surface area contributed by atoms with Gasteiger partial charge in [0, 0.05) is 6.07 Å². The monoisotopic (exact) mass is 235 g/mol. The zero-order valence-electron chi connectivity index (χ0n) is 9.07. The zero-order valence-corrected chi connectivity index (χ0v) is 9.07. The summed E-state index contributed by atoms with van der Waals surface area (Å²) in [4.78, 5) is 11.7. The molecule has 0 aliphatic carbocycles. The number of halogens is 1. The molecule has 1 aromatic carbocycles. The van der Waals surface area contributed by atoms with E-state index in [2.05, 4.69) is 5.32 Å². The third-order valence-electron chi connectivity index (χ3n) is 2.20. The van der Waals surface area contributed by atoms with Crippen molar-refractivity contribution in [2.24, 2.45) is 0 Å². The van der Waals surface area contributed by atoms with Crippen LogP contribution in [0, 0.1) is 5.82 Å². The number of benzene rings is 1. The predicted octanol–water partition coefficient (Wildman–Crippen LogP) is 2.68. The lowest BCUT2D eigenvalue weighted by Crippen LogP contribution is -2.11. The topological polar surface area (TPSA) is 51.5 Å². The minimum Gasteiger partial charge on any atom is -0.494 e. The quantitative estimate of drug-likeness (QED) is 0.889. The van der Waals surface area contributed by atoms with Crippen LogP contribution >= 0.6 is 0 Å². The summed E-state index contributed by atoms with van der Waals surface area (Å²) in [5.74, 6) is -0.506. The number of rotatable bonds is 3. The fourth-order valence-electron chi connectivity index (χ4n) is 1.36. The van der Waals surface area contributed by atoms with Crippen molar-refractivity contribution in [3.05, 3.63) is 48.2 Å². The summed E-state index contributed by atoms with van der Waals surface area (Å²) in [5.41, 5.74) is 0.788. The van der Waals surface area contributed by atoms with E-state index in [1.165, 1.54) is 43.9 Å². The number of hydrogen-bond donors (Lipinski definition) is 1. The molecule has 1 N–H and O–H groups in total. The van der Waals surface area contributed by atoms with Crippen LogP contribution in [-0.2, 0) is 0 Å². The molecule has 0 spiro atoms. The average Bonchev–Trinajstić information content (AvgIpc) is 2.85. The molecule has 17 heavy (non-hydrogen) atoms. The van der Waals surface area contributed by atoms with E-state index >= 15 is 0 Å². The molecule has 0 saturated carbocycles. The van der Waals surface area contributed by atoms with Gasteiger partial charge in [0.15, 0.2) is 0 Å². The highest BCUT2D eigenvalue weighted by molar-refractivity contribution is 6.04. The summed E-state index contributed by atoms with van der Waals surface area (Å²) in [7, 11) is 1.41. The Balaban J connectivity index is 2.21. The zero-order chi connectivity index (χ0) is 12.3. The number of furan rings is 1. The SMILES string of the molecule is COc1cc(F)ccc1NC(=O)c1ccoc1. The lowest BCUT2D eigenvalue weighted by Gasteiger charge is -2.09. The Labute approximate surface area is 97.0 Å². The first kappa shape index (κ1) is 11.2. The summed E-state index contributed by atoms with van der Waals surface area (Å²) in [6, 6.07) is 5.41. The summed E-state index contributed by atoms with van der Waals surface area (Å²) < 4.78 is 22.7. The van der Waals surface area contributed by atoms with Crippen LogP contribution in [0.3, 0.4) is 0 Å². The largest absolute Gasteiger partial charge is 0.494 e. The molecule has 2 rings (SSSR count). The van der Waals surface area contributed by atoms with E-state index in [0.29, 0.717) is 11.3 Å². The number of methoxy groups -OCH3 is 1. The van der Waals surface area contributed by atoms with Crippen molar-refractivity contribution in [1.29, 1.82) is 0 Å². The minimum absolute atomic E-state index is 0.266. The number of carbonyl (C=O) groups excluding carboxylic acids is 1. The Kier molecular flexibility index (Phi) is 3.09. The maximum atomic E-state index is 12.9. The summed E-state index contributed by atoms with van der Waals surface area (Å²) >= 11 is 0. The molecule has 1 heterocycles. The summed E-state index contributed by atoms with van der Waals surface area (Å²) in [6.45, 7) is 0. The number of carbonyl (C=O) groups is 1. The van der Waals surface area contributed by atoms with Crippen LogP contribution in [0.1, 0.15) is 10.4 Å². The van der Waals surface area contributed by atoms with E-state index in [9.17, 15) is 9.18 Å². The third-order valence-corrected chi connectivity index (χ3v) is 2.20. The van der Waals surface area contributed by atoms with Crippen LogP contribution in [0.4, 0.5) is 10.1 Å². The molecule has 2 aromatic rings.